The minimum atomic E-state index is -0.285. The standard InChI is InChI=1S/C8H10FNS/c1-5(10)7-3-2-6(11)4-8(7)9/h2-5,11H,10H2,1H3/t5-/m1/s1. The van der Waals surface area contributed by atoms with Crippen LogP contribution in [0.25, 0.3) is 0 Å². The Hall–Kier alpha value is -0.540. The fourth-order valence-electron chi connectivity index (χ4n) is 0.885. The van der Waals surface area contributed by atoms with Gasteiger partial charge < -0.3 is 5.73 Å². The zero-order chi connectivity index (χ0) is 8.43. The monoisotopic (exact) mass is 171 g/mol. The molecule has 0 unspecified atom stereocenters. The summed E-state index contributed by atoms with van der Waals surface area (Å²) >= 11 is 3.99. The third-order valence-corrected chi connectivity index (χ3v) is 1.75. The molecule has 0 bridgehead atoms. The van der Waals surface area contributed by atoms with Crippen LogP contribution in [-0.2, 0) is 0 Å². The molecule has 0 amide bonds. The molecule has 0 fully saturated rings. The summed E-state index contributed by atoms with van der Waals surface area (Å²) in [6.07, 6.45) is 0. The number of hydrogen-bond acceptors (Lipinski definition) is 2. The first-order chi connectivity index (χ1) is 5.11. The lowest BCUT2D eigenvalue weighted by Crippen LogP contribution is -2.06. The van der Waals surface area contributed by atoms with E-state index in [9.17, 15) is 4.39 Å². The summed E-state index contributed by atoms with van der Waals surface area (Å²) in [6.45, 7) is 1.75. The molecule has 0 saturated carbocycles. The van der Waals surface area contributed by atoms with Crippen molar-refractivity contribution < 1.29 is 4.39 Å². The van der Waals surface area contributed by atoms with E-state index in [1.54, 1.807) is 19.1 Å². The zero-order valence-corrected chi connectivity index (χ0v) is 7.11. The fourth-order valence-corrected chi connectivity index (χ4v) is 1.07. The Morgan fingerprint density at radius 3 is 2.64 bits per heavy atom. The van der Waals surface area contributed by atoms with Gasteiger partial charge in [0, 0.05) is 16.5 Å². The van der Waals surface area contributed by atoms with E-state index in [2.05, 4.69) is 12.6 Å². The molecule has 1 rings (SSSR count). The third kappa shape index (κ3) is 1.94. The van der Waals surface area contributed by atoms with Crippen molar-refractivity contribution in [1.29, 1.82) is 0 Å². The van der Waals surface area contributed by atoms with Crippen molar-refractivity contribution in [2.75, 3.05) is 0 Å². The molecule has 0 aromatic heterocycles. The van der Waals surface area contributed by atoms with Crippen LogP contribution in [0.1, 0.15) is 18.5 Å². The van der Waals surface area contributed by atoms with Crippen LogP contribution in [-0.4, -0.2) is 0 Å². The highest BCUT2D eigenvalue weighted by Gasteiger charge is 2.05. The quantitative estimate of drug-likeness (QED) is 0.622. The number of hydrogen-bond donors (Lipinski definition) is 2. The highest BCUT2D eigenvalue weighted by atomic mass is 32.1. The lowest BCUT2D eigenvalue weighted by molar-refractivity contribution is 0.590. The van der Waals surface area contributed by atoms with E-state index in [0.717, 1.165) is 0 Å². The van der Waals surface area contributed by atoms with E-state index in [1.165, 1.54) is 6.07 Å². The van der Waals surface area contributed by atoms with Crippen LogP contribution < -0.4 is 5.73 Å². The molecule has 0 radical (unpaired) electrons. The van der Waals surface area contributed by atoms with Gasteiger partial charge in [0.05, 0.1) is 0 Å². The molecule has 1 aromatic carbocycles. The van der Waals surface area contributed by atoms with Crippen LogP contribution in [0.5, 0.6) is 0 Å². The summed E-state index contributed by atoms with van der Waals surface area (Å²) in [7, 11) is 0. The predicted octanol–water partition coefficient (Wildman–Crippen LogP) is 2.13. The summed E-state index contributed by atoms with van der Waals surface area (Å²) in [5, 5.41) is 0. The molecule has 0 aliphatic carbocycles. The summed E-state index contributed by atoms with van der Waals surface area (Å²) in [5.74, 6) is -0.285. The highest BCUT2D eigenvalue weighted by Crippen LogP contribution is 2.17. The van der Waals surface area contributed by atoms with Crippen molar-refractivity contribution in [3.05, 3.63) is 29.6 Å². The molecule has 2 N–H and O–H groups in total. The molecule has 1 aromatic rings. The van der Waals surface area contributed by atoms with Crippen LogP contribution >= 0.6 is 12.6 Å². The van der Waals surface area contributed by atoms with Gasteiger partial charge in [0.1, 0.15) is 5.82 Å². The van der Waals surface area contributed by atoms with Gasteiger partial charge in [0.2, 0.25) is 0 Å². The zero-order valence-electron chi connectivity index (χ0n) is 6.21. The second-order valence-electron chi connectivity index (χ2n) is 2.49. The molecular weight excluding hydrogens is 161 g/mol. The van der Waals surface area contributed by atoms with Crippen LogP contribution in [0.4, 0.5) is 4.39 Å². The maximum atomic E-state index is 13.0. The van der Waals surface area contributed by atoms with Gasteiger partial charge in [-0.25, -0.2) is 4.39 Å². The van der Waals surface area contributed by atoms with Crippen molar-refractivity contribution in [1.82, 2.24) is 0 Å². The molecule has 0 heterocycles. The molecule has 0 spiro atoms. The Balaban J connectivity index is 3.09. The molecule has 1 nitrogen and oxygen atoms in total. The van der Waals surface area contributed by atoms with Gasteiger partial charge >= 0.3 is 0 Å². The van der Waals surface area contributed by atoms with Crippen LogP contribution in [0.15, 0.2) is 23.1 Å². The fraction of sp³-hybridized carbons (Fsp3) is 0.250. The number of nitrogens with two attached hydrogens (primary N) is 1. The van der Waals surface area contributed by atoms with Gasteiger partial charge in [0.15, 0.2) is 0 Å². The maximum absolute atomic E-state index is 13.0. The van der Waals surface area contributed by atoms with Gasteiger partial charge in [-0.05, 0) is 19.1 Å². The summed E-state index contributed by atoms with van der Waals surface area (Å²) in [5.41, 5.74) is 6.03. The molecule has 60 valence electrons. The van der Waals surface area contributed by atoms with Crippen molar-refractivity contribution in [2.24, 2.45) is 5.73 Å². The molecule has 3 heteroatoms. The topological polar surface area (TPSA) is 26.0 Å². The first-order valence-electron chi connectivity index (χ1n) is 3.35. The summed E-state index contributed by atoms with van der Waals surface area (Å²) in [6, 6.07) is 4.48. The molecular formula is C8H10FNS. The van der Waals surface area contributed by atoms with Gasteiger partial charge in [-0.3, -0.25) is 0 Å². The smallest absolute Gasteiger partial charge is 0.129 e. The predicted molar refractivity (Wildman–Crippen MR) is 46.3 cm³/mol. The third-order valence-electron chi connectivity index (χ3n) is 1.47. The van der Waals surface area contributed by atoms with Gasteiger partial charge in [0.25, 0.3) is 0 Å². The van der Waals surface area contributed by atoms with Crippen molar-refractivity contribution in [2.45, 2.75) is 17.9 Å². The lowest BCUT2D eigenvalue weighted by atomic mass is 10.1. The van der Waals surface area contributed by atoms with E-state index in [-0.39, 0.29) is 11.9 Å². The lowest BCUT2D eigenvalue weighted by Gasteiger charge is -2.06. The molecule has 0 aliphatic heterocycles. The largest absolute Gasteiger partial charge is 0.324 e. The molecule has 0 aliphatic rings. The van der Waals surface area contributed by atoms with Crippen molar-refractivity contribution >= 4 is 12.6 Å². The van der Waals surface area contributed by atoms with Gasteiger partial charge in [-0.2, -0.15) is 0 Å². The van der Waals surface area contributed by atoms with Crippen LogP contribution in [0.3, 0.4) is 0 Å². The molecule has 11 heavy (non-hydrogen) atoms. The minimum Gasteiger partial charge on any atom is -0.324 e. The number of benzene rings is 1. The van der Waals surface area contributed by atoms with Crippen molar-refractivity contribution in [3.63, 3.8) is 0 Å². The SMILES string of the molecule is C[C@@H](N)c1ccc(S)cc1F. The summed E-state index contributed by atoms with van der Waals surface area (Å²) in [4.78, 5) is 0.618. The van der Waals surface area contributed by atoms with Crippen molar-refractivity contribution in [3.8, 4) is 0 Å². The Morgan fingerprint density at radius 2 is 2.18 bits per heavy atom. The highest BCUT2D eigenvalue weighted by molar-refractivity contribution is 7.80. The second kappa shape index (κ2) is 3.24. The Kier molecular flexibility index (Phi) is 2.52. The van der Waals surface area contributed by atoms with E-state index in [4.69, 9.17) is 5.73 Å². The average Bonchev–Trinajstić information content (AvgIpc) is 1.85. The maximum Gasteiger partial charge on any atom is 0.129 e. The van der Waals surface area contributed by atoms with E-state index >= 15 is 0 Å². The second-order valence-corrected chi connectivity index (χ2v) is 3.01. The minimum absolute atomic E-state index is 0.260. The van der Waals surface area contributed by atoms with Gasteiger partial charge in [-0.15, -0.1) is 12.6 Å². The average molecular weight is 171 g/mol. The normalized spacial score (nSPS) is 13.1. The molecule has 1 atom stereocenters. The number of halogens is 1. The first-order valence-corrected chi connectivity index (χ1v) is 3.80. The Bertz CT molecular complexity index is 260. The summed E-state index contributed by atoms with van der Waals surface area (Å²) < 4.78 is 13.0. The van der Waals surface area contributed by atoms with Crippen LogP contribution in [0.2, 0.25) is 0 Å². The molecule has 0 saturated heterocycles. The van der Waals surface area contributed by atoms with Crippen LogP contribution in [0, 0.1) is 5.82 Å². The Morgan fingerprint density at radius 1 is 1.55 bits per heavy atom. The number of rotatable bonds is 1. The number of thiol groups is 1. The Labute approximate surface area is 70.8 Å². The van der Waals surface area contributed by atoms with E-state index in [0.29, 0.717) is 10.5 Å². The first kappa shape index (κ1) is 8.56. The van der Waals surface area contributed by atoms with E-state index in [1.807, 2.05) is 0 Å². The van der Waals surface area contributed by atoms with Gasteiger partial charge in [-0.1, -0.05) is 6.07 Å². The van der Waals surface area contributed by atoms with E-state index < -0.39 is 0 Å².